The van der Waals surface area contributed by atoms with E-state index < -0.39 is 23.2 Å². The average Bonchev–Trinajstić information content (AvgIpc) is 3.18. The van der Waals surface area contributed by atoms with Crippen molar-refractivity contribution in [1.29, 1.82) is 0 Å². The molecular weight excluding hydrogens is 385 g/mol. The van der Waals surface area contributed by atoms with Crippen molar-refractivity contribution in [3.63, 3.8) is 0 Å². The van der Waals surface area contributed by atoms with E-state index in [0.717, 1.165) is 12.1 Å². The van der Waals surface area contributed by atoms with Crippen molar-refractivity contribution in [2.75, 3.05) is 5.32 Å². The summed E-state index contributed by atoms with van der Waals surface area (Å²) in [5.41, 5.74) is -0.301. The van der Waals surface area contributed by atoms with Crippen LogP contribution in [0.3, 0.4) is 0 Å². The Morgan fingerprint density at radius 1 is 1.03 bits per heavy atom. The number of halogens is 3. The molecule has 0 saturated heterocycles. The van der Waals surface area contributed by atoms with Gasteiger partial charge in [0.05, 0.1) is 11.1 Å². The van der Waals surface area contributed by atoms with E-state index >= 15 is 0 Å². The lowest BCUT2D eigenvalue weighted by Crippen LogP contribution is -2.26. The number of nitrogens with one attached hydrogen (secondary N) is 2. The fraction of sp³-hybridized carbons (Fsp3) is 0.150. The summed E-state index contributed by atoms with van der Waals surface area (Å²) in [6.07, 6.45) is -1.40. The number of nitrogens with zero attached hydrogens (tertiary/aromatic N) is 2. The number of amides is 2. The Bertz CT molecular complexity index is 1000. The van der Waals surface area contributed by atoms with E-state index in [9.17, 15) is 22.8 Å². The van der Waals surface area contributed by atoms with E-state index in [1.54, 1.807) is 42.7 Å². The zero-order valence-electron chi connectivity index (χ0n) is 15.1. The summed E-state index contributed by atoms with van der Waals surface area (Å²) in [4.78, 5) is 24.3. The largest absolute Gasteiger partial charge is 0.417 e. The highest BCUT2D eigenvalue weighted by Crippen LogP contribution is 2.31. The van der Waals surface area contributed by atoms with Gasteiger partial charge in [-0.15, -0.1) is 0 Å². The standard InChI is InChI=1S/C20H17F3N4O2/c21-20(22,23)17-8-2-1-7-16(17)19(29)24-12-14-5-3-6-15(11-14)26-18(28)13-27-10-4-9-25-27/h1-11H,12-13H2,(H,24,29)(H,26,28). The zero-order chi connectivity index (χ0) is 20.9. The monoisotopic (exact) mass is 402 g/mol. The molecule has 0 aliphatic heterocycles. The molecule has 3 rings (SSSR count). The molecule has 0 saturated carbocycles. The van der Waals surface area contributed by atoms with E-state index in [1.165, 1.54) is 16.8 Å². The van der Waals surface area contributed by atoms with Crippen LogP contribution in [0.1, 0.15) is 21.5 Å². The zero-order valence-corrected chi connectivity index (χ0v) is 15.1. The van der Waals surface area contributed by atoms with Gasteiger partial charge in [-0.1, -0.05) is 24.3 Å². The average molecular weight is 402 g/mol. The molecule has 0 radical (unpaired) electrons. The van der Waals surface area contributed by atoms with Crippen molar-refractivity contribution in [2.24, 2.45) is 0 Å². The molecule has 2 amide bonds. The molecule has 0 unspecified atom stereocenters. The lowest BCUT2D eigenvalue weighted by Gasteiger charge is -2.13. The highest BCUT2D eigenvalue weighted by Gasteiger charge is 2.34. The maximum atomic E-state index is 13.1. The van der Waals surface area contributed by atoms with E-state index in [-0.39, 0.29) is 19.0 Å². The van der Waals surface area contributed by atoms with Crippen LogP contribution in [0.4, 0.5) is 18.9 Å². The van der Waals surface area contributed by atoms with Gasteiger partial charge in [0.25, 0.3) is 5.91 Å². The molecule has 0 aliphatic carbocycles. The first-order valence-corrected chi connectivity index (χ1v) is 8.63. The lowest BCUT2D eigenvalue weighted by atomic mass is 10.1. The Morgan fingerprint density at radius 3 is 2.55 bits per heavy atom. The van der Waals surface area contributed by atoms with Crippen LogP contribution in [0, 0.1) is 0 Å². The Kier molecular flexibility index (Phi) is 5.96. The molecule has 9 heteroatoms. The maximum absolute atomic E-state index is 13.1. The van der Waals surface area contributed by atoms with Crippen LogP contribution in [0.5, 0.6) is 0 Å². The van der Waals surface area contributed by atoms with Gasteiger partial charge >= 0.3 is 6.18 Å². The number of carbonyl (C=O) groups is 2. The summed E-state index contributed by atoms with van der Waals surface area (Å²) < 4.78 is 40.6. The van der Waals surface area contributed by atoms with Crippen molar-refractivity contribution >= 4 is 17.5 Å². The summed E-state index contributed by atoms with van der Waals surface area (Å²) in [5, 5.41) is 9.13. The minimum absolute atomic E-state index is 0.00783. The number of carbonyl (C=O) groups excluding carboxylic acids is 2. The minimum atomic E-state index is -4.62. The van der Waals surface area contributed by atoms with Gasteiger partial charge in [-0.25, -0.2) is 0 Å². The van der Waals surface area contributed by atoms with E-state index in [1.807, 2.05) is 0 Å². The third kappa shape index (κ3) is 5.44. The molecule has 150 valence electrons. The van der Waals surface area contributed by atoms with Gasteiger partial charge in [-0.3, -0.25) is 14.3 Å². The van der Waals surface area contributed by atoms with Gasteiger partial charge < -0.3 is 10.6 Å². The van der Waals surface area contributed by atoms with Gasteiger partial charge in [-0.05, 0) is 35.9 Å². The first kappa shape index (κ1) is 20.1. The molecule has 1 aromatic heterocycles. The molecule has 0 aliphatic rings. The van der Waals surface area contributed by atoms with Crippen LogP contribution < -0.4 is 10.6 Å². The fourth-order valence-corrected chi connectivity index (χ4v) is 2.71. The van der Waals surface area contributed by atoms with E-state index in [0.29, 0.717) is 11.3 Å². The second-order valence-electron chi connectivity index (χ2n) is 6.18. The minimum Gasteiger partial charge on any atom is -0.348 e. The van der Waals surface area contributed by atoms with Crippen LogP contribution in [-0.2, 0) is 24.1 Å². The van der Waals surface area contributed by atoms with Crippen molar-refractivity contribution in [2.45, 2.75) is 19.3 Å². The number of rotatable bonds is 6. The Labute approximate surface area is 164 Å². The smallest absolute Gasteiger partial charge is 0.348 e. The predicted molar refractivity (Wildman–Crippen MR) is 99.9 cm³/mol. The van der Waals surface area contributed by atoms with Gasteiger partial charge in [0, 0.05) is 24.6 Å². The third-order valence-corrected chi connectivity index (χ3v) is 4.01. The molecule has 0 spiro atoms. The molecule has 0 bridgehead atoms. The number of anilines is 1. The molecule has 3 aromatic rings. The molecule has 0 fully saturated rings. The summed E-state index contributed by atoms with van der Waals surface area (Å²) in [6, 6.07) is 13.0. The number of alkyl halides is 3. The molecule has 29 heavy (non-hydrogen) atoms. The SMILES string of the molecule is O=C(Cn1cccn1)Nc1cccc(CNC(=O)c2ccccc2C(F)(F)F)c1. The molecule has 1 heterocycles. The topological polar surface area (TPSA) is 76.0 Å². The number of hydrogen-bond donors (Lipinski definition) is 2. The number of hydrogen-bond acceptors (Lipinski definition) is 3. The van der Waals surface area contributed by atoms with Gasteiger partial charge in [-0.2, -0.15) is 18.3 Å². The normalized spacial score (nSPS) is 11.1. The number of aromatic nitrogens is 2. The first-order valence-electron chi connectivity index (χ1n) is 8.63. The van der Waals surface area contributed by atoms with E-state index in [2.05, 4.69) is 15.7 Å². The Morgan fingerprint density at radius 2 is 1.83 bits per heavy atom. The third-order valence-electron chi connectivity index (χ3n) is 4.01. The molecule has 0 atom stereocenters. The van der Waals surface area contributed by atoms with Crippen LogP contribution in [0.2, 0.25) is 0 Å². The first-order chi connectivity index (χ1) is 13.8. The van der Waals surface area contributed by atoms with Crippen molar-refractivity contribution in [3.8, 4) is 0 Å². The Hall–Kier alpha value is -3.62. The summed E-state index contributed by atoms with van der Waals surface area (Å²) in [6.45, 7) is 0.0517. The quantitative estimate of drug-likeness (QED) is 0.663. The Balaban J connectivity index is 1.62. The van der Waals surface area contributed by atoms with Gasteiger partial charge in [0.15, 0.2) is 0 Å². The summed E-state index contributed by atoms with van der Waals surface area (Å²) in [5.74, 6) is -1.11. The molecule has 2 aromatic carbocycles. The number of benzene rings is 2. The van der Waals surface area contributed by atoms with Crippen LogP contribution >= 0.6 is 0 Å². The van der Waals surface area contributed by atoms with Gasteiger partial charge in [0.2, 0.25) is 5.91 Å². The van der Waals surface area contributed by atoms with Crippen LogP contribution in [0.25, 0.3) is 0 Å². The van der Waals surface area contributed by atoms with Crippen LogP contribution in [-0.4, -0.2) is 21.6 Å². The van der Waals surface area contributed by atoms with Crippen LogP contribution in [0.15, 0.2) is 67.0 Å². The molecular formula is C20H17F3N4O2. The molecule has 2 N–H and O–H groups in total. The summed E-state index contributed by atoms with van der Waals surface area (Å²) >= 11 is 0. The summed E-state index contributed by atoms with van der Waals surface area (Å²) in [7, 11) is 0. The van der Waals surface area contributed by atoms with Crippen molar-refractivity contribution in [3.05, 3.63) is 83.7 Å². The second kappa shape index (κ2) is 8.59. The molecule has 6 nitrogen and oxygen atoms in total. The highest BCUT2D eigenvalue weighted by molar-refractivity contribution is 5.96. The maximum Gasteiger partial charge on any atom is 0.417 e. The van der Waals surface area contributed by atoms with Crippen molar-refractivity contribution < 1.29 is 22.8 Å². The predicted octanol–water partition coefficient (Wildman–Crippen LogP) is 3.47. The van der Waals surface area contributed by atoms with Gasteiger partial charge in [0.1, 0.15) is 6.54 Å². The lowest BCUT2D eigenvalue weighted by molar-refractivity contribution is -0.138. The van der Waals surface area contributed by atoms with E-state index in [4.69, 9.17) is 0 Å². The van der Waals surface area contributed by atoms with Crippen molar-refractivity contribution in [1.82, 2.24) is 15.1 Å². The highest BCUT2D eigenvalue weighted by atomic mass is 19.4. The second-order valence-corrected chi connectivity index (χ2v) is 6.18. The fourth-order valence-electron chi connectivity index (χ4n) is 2.71.